The Labute approximate surface area is 27.5 Å². The molecule has 0 aromatic rings. The summed E-state index contributed by atoms with van der Waals surface area (Å²) in [6.07, 6.45) is 0. The Morgan fingerprint density at radius 2 is 1.75 bits per heavy atom. The predicted octanol–water partition coefficient (Wildman–Crippen LogP) is -0.874. The lowest BCUT2D eigenvalue weighted by molar-refractivity contribution is 0.206. The van der Waals surface area contributed by atoms with Crippen molar-refractivity contribution in [3.8, 4) is 0 Å². The fraction of sp³-hybridized carbons (Fsp3) is 1.00. The zero-order valence-corrected chi connectivity index (χ0v) is 2.56. The lowest BCUT2D eigenvalue weighted by Gasteiger charge is -1.62. The number of nitrogens with two attached hydrogens (primary N) is 1. The molecule has 0 bridgehead atoms. The third-order valence-corrected chi connectivity index (χ3v) is 0. The summed E-state index contributed by atoms with van der Waals surface area (Å²) in [6.45, 7) is 0. The molecule has 0 aromatic carbocycles. The van der Waals surface area contributed by atoms with Gasteiger partial charge in [0.05, 0.1) is 7.11 Å². The van der Waals surface area contributed by atoms with E-state index in [-0.39, 0.29) is 8.41 Å². The highest BCUT2D eigenvalue weighted by Gasteiger charge is 1.23. The first-order valence-corrected chi connectivity index (χ1v) is 0.644. The summed E-state index contributed by atoms with van der Waals surface area (Å²) in [5, 5.41) is 0. The third-order valence-electron chi connectivity index (χ3n) is 0. The van der Waals surface area contributed by atoms with Crippen molar-refractivity contribution in [2.24, 2.45) is 5.90 Å². The van der Waals surface area contributed by atoms with Gasteiger partial charge in [-0.15, -0.1) is 0 Å². The van der Waals surface area contributed by atoms with Crippen LogP contribution < -0.4 is 5.90 Å². The van der Waals surface area contributed by atoms with Crippen molar-refractivity contribution in [1.29, 1.82) is 0 Å². The van der Waals surface area contributed by atoms with Gasteiger partial charge in [0.15, 0.2) is 0 Å². The molecule has 2 N–H and O–H groups in total. The fourth-order valence-corrected chi connectivity index (χ4v) is 0. The molecular weight excluding hydrogens is 52.8 g/mol. The lowest BCUT2D eigenvalue weighted by Crippen LogP contribution is -1.86. The monoisotopic (exact) mass is 58.0 g/mol. The highest BCUT2D eigenvalue weighted by atomic mass is 16.6. The summed E-state index contributed by atoms with van der Waals surface area (Å²) < 4.78 is 0. The average Bonchev–Trinajstić information content (AvgIpc) is 0.918. The van der Waals surface area contributed by atoms with E-state index in [0.29, 0.717) is 0 Å². The van der Waals surface area contributed by atoms with Crippen LogP contribution in [0.15, 0.2) is 0 Å². The maximum Gasteiger partial charge on any atom is 0.0569 e. The molecule has 0 atom stereocenters. The fourth-order valence-electron chi connectivity index (χ4n) is 0. The highest BCUT2D eigenvalue weighted by Crippen LogP contribution is 1.14. The van der Waals surface area contributed by atoms with E-state index in [0.717, 1.165) is 0 Å². The van der Waals surface area contributed by atoms with Crippen molar-refractivity contribution < 1.29 is 4.84 Å². The molecular formula is CH5BNO. The van der Waals surface area contributed by atoms with Crippen LogP contribution in [-0.4, -0.2) is 15.5 Å². The van der Waals surface area contributed by atoms with E-state index in [4.69, 9.17) is 0 Å². The zero-order valence-electron chi connectivity index (χ0n) is 2.56. The minimum absolute atomic E-state index is 0. The van der Waals surface area contributed by atoms with Gasteiger partial charge in [0.1, 0.15) is 0 Å². The summed E-state index contributed by atoms with van der Waals surface area (Å²) in [4.78, 5) is 3.75. The van der Waals surface area contributed by atoms with E-state index in [9.17, 15) is 0 Å². The summed E-state index contributed by atoms with van der Waals surface area (Å²) in [7, 11) is 1.40. The van der Waals surface area contributed by atoms with Crippen LogP contribution in [0.3, 0.4) is 0 Å². The molecule has 0 heterocycles. The van der Waals surface area contributed by atoms with Gasteiger partial charge in [-0.2, -0.15) is 0 Å². The summed E-state index contributed by atoms with van der Waals surface area (Å²) in [6, 6.07) is 0. The quantitative estimate of drug-likeness (QED) is 0.290. The number of hydrogen-bond acceptors (Lipinski definition) is 2. The molecule has 0 fully saturated rings. The second-order valence-corrected chi connectivity index (χ2v) is 0.236. The number of hydrogen-bond donors (Lipinski definition) is 1. The summed E-state index contributed by atoms with van der Waals surface area (Å²) in [5.41, 5.74) is 0. The molecule has 0 saturated heterocycles. The molecule has 0 aliphatic carbocycles. The molecule has 3 radical (unpaired) electrons. The van der Waals surface area contributed by atoms with E-state index >= 15 is 0 Å². The highest BCUT2D eigenvalue weighted by molar-refractivity contribution is 5.75. The van der Waals surface area contributed by atoms with Gasteiger partial charge in [-0.3, -0.25) is 0 Å². The molecule has 0 amide bonds. The van der Waals surface area contributed by atoms with E-state index in [2.05, 4.69) is 10.7 Å². The maximum atomic E-state index is 4.35. The minimum Gasteiger partial charge on any atom is -0.308 e. The van der Waals surface area contributed by atoms with Crippen LogP contribution in [0, 0.1) is 0 Å². The van der Waals surface area contributed by atoms with Gasteiger partial charge in [0.25, 0.3) is 0 Å². The van der Waals surface area contributed by atoms with Gasteiger partial charge < -0.3 is 4.84 Å². The molecule has 0 aliphatic heterocycles. The van der Waals surface area contributed by atoms with Gasteiger partial charge in [0.2, 0.25) is 0 Å². The normalized spacial score (nSPS) is 4.50. The van der Waals surface area contributed by atoms with Gasteiger partial charge in [-0.05, 0) is 0 Å². The first-order chi connectivity index (χ1) is 1.41. The Bertz CT molecular complexity index is 8.00. The smallest absolute Gasteiger partial charge is 0.0569 e. The van der Waals surface area contributed by atoms with Crippen molar-refractivity contribution in [2.45, 2.75) is 0 Å². The summed E-state index contributed by atoms with van der Waals surface area (Å²) >= 11 is 0. The van der Waals surface area contributed by atoms with Gasteiger partial charge in [-0.1, -0.05) is 0 Å². The van der Waals surface area contributed by atoms with Crippen molar-refractivity contribution in [3.63, 3.8) is 0 Å². The molecule has 23 valence electrons. The zero-order chi connectivity index (χ0) is 2.71. The molecule has 0 aliphatic rings. The Morgan fingerprint density at radius 1 is 1.75 bits per heavy atom. The van der Waals surface area contributed by atoms with E-state index < -0.39 is 0 Å². The Hall–Kier alpha value is -0.0151. The first kappa shape index (κ1) is 9.01. The summed E-state index contributed by atoms with van der Waals surface area (Å²) in [5.74, 6) is 4.35. The lowest BCUT2D eigenvalue weighted by atomic mass is 10.8. The van der Waals surface area contributed by atoms with Gasteiger partial charge in [0, 0.05) is 8.41 Å². The van der Waals surface area contributed by atoms with Crippen LogP contribution in [0.25, 0.3) is 0 Å². The number of rotatable bonds is 0. The largest absolute Gasteiger partial charge is 0.308 e. The Balaban J connectivity index is 0. The van der Waals surface area contributed by atoms with E-state index in [1.807, 2.05) is 0 Å². The molecule has 0 aromatic heterocycles. The van der Waals surface area contributed by atoms with Crippen molar-refractivity contribution in [1.82, 2.24) is 0 Å². The van der Waals surface area contributed by atoms with Crippen LogP contribution in [0.5, 0.6) is 0 Å². The van der Waals surface area contributed by atoms with Gasteiger partial charge in [-0.25, -0.2) is 5.90 Å². The van der Waals surface area contributed by atoms with Crippen LogP contribution in [0.1, 0.15) is 0 Å². The van der Waals surface area contributed by atoms with Crippen LogP contribution >= 0.6 is 0 Å². The van der Waals surface area contributed by atoms with Crippen molar-refractivity contribution in [2.75, 3.05) is 7.11 Å². The van der Waals surface area contributed by atoms with Crippen molar-refractivity contribution >= 4 is 8.41 Å². The topological polar surface area (TPSA) is 35.2 Å². The average molecular weight is 57.9 g/mol. The molecule has 3 heteroatoms. The van der Waals surface area contributed by atoms with Crippen LogP contribution in [-0.2, 0) is 4.84 Å². The Morgan fingerprint density at radius 3 is 1.75 bits per heavy atom. The molecule has 4 heavy (non-hydrogen) atoms. The molecule has 0 spiro atoms. The molecule has 2 nitrogen and oxygen atoms in total. The SMILES string of the molecule is CON.[B]. The van der Waals surface area contributed by atoms with E-state index in [1.54, 1.807) is 0 Å². The van der Waals surface area contributed by atoms with Gasteiger partial charge >= 0.3 is 0 Å². The standard InChI is InChI=1S/CH5NO.B/c1-3-2;/h2H2,1H3;. The second kappa shape index (κ2) is 12.1. The molecule has 0 unspecified atom stereocenters. The predicted molar refractivity (Wildman–Crippen MR) is 17.0 cm³/mol. The minimum atomic E-state index is 0. The van der Waals surface area contributed by atoms with Crippen LogP contribution in [0.2, 0.25) is 0 Å². The molecule has 0 rings (SSSR count). The third kappa shape index (κ3) is 8480. The first-order valence-electron chi connectivity index (χ1n) is 0.644. The second-order valence-electron chi connectivity index (χ2n) is 0.236. The molecule has 0 saturated carbocycles. The van der Waals surface area contributed by atoms with E-state index in [1.165, 1.54) is 7.11 Å². The Kier molecular flexibility index (Phi) is 27.3. The van der Waals surface area contributed by atoms with Crippen LogP contribution in [0.4, 0.5) is 0 Å². The maximum absolute atomic E-state index is 4.35. The van der Waals surface area contributed by atoms with Crippen molar-refractivity contribution in [3.05, 3.63) is 0 Å².